The maximum Gasteiger partial charge on any atom is 0.416 e. The van der Waals surface area contributed by atoms with Crippen LogP contribution in [0.5, 0.6) is 0 Å². The summed E-state index contributed by atoms with van der Waals surface area (Å²) in [5, 5.41) is 0. The number of halogens is 9. The Morgan fingerprint density at radius 3 is 1.70 bits per heavy atom. The molecular weight excluding hydrogens is 356 g/mol. The third-order valence-corrected chi connectivity index (χ3v) is 3.35. The van der Waals surface area contributed by atoms with Crippen LogP contribution in [-0.2, 0) is 12.1 Å². The maximum atomic E-state index is 13.8. The van der Waals surface area contributed by atoms with Crippen molar-refractivity contribution < 1.29 is 35.1 Å². The number of rotatable bonds is 2. The Balaban J connectivity index is 2.86. The third-order valence-electron chi connectivity index (χ3n) is 3.06. The van der Waals surface area contributed by atoms with E-state index in [1.165, 1.54) is 0 Å². The van der Waals surface area contributed by atoms with Gasteiger partial charge >= 0.3 is 6.18 Å². The van der Waals surface area contributed by atoms with Gasteiger partial charge in [-0.1, -0.05) is 6.07 Å². The van der Waals surface area contributed by atoms with Crippen molar-refractivity contribution in [2.45, 2.75) is 12.1 Å². The molecule has 0 amide bonds. The summed E-state index contributed by atoms with van der Waals surface area (Å²) in [6.45, 7) is 0. The van der Waals surface area contributed by atoms with E-state index in [0.717, 1.165) is 6.07 Å². The predicted molar refractivity (Wildman–Crippen MR) is 66.2 cm³/mol. The summed E-state index contributed by atoms with van der Waals surface area (Å²) in [5.74, 6) is -11.9. The lowest BCUT2D eigenvalue weighted by atomic mass is 9.96. The van der Waals surface area contributed by atoms with Gasteiger partial charge in [-0.15, -0.1) is 11.6 Å². The molecule has 0 aliphatic heterocycles. The van der Waals surface area contributed by atoms with Crippen molar-refractivity contribution in [2.24, 2.45) is 0 Å². The summed E-state index contributed by atoms with van der Waals surface area (Å²) in [4.78, 5) is 0. The zero-order valence-corrected chi connectivity index (χ0v) is 11.6. The van der Waals surface area contributed by atoms with Gasteiger partial charge in [0.25, 0.3) is 0 Å². The minimum atomic E-state index is -4.87. The van der Waals surface area contributed by atoms with E-state index in [-0.39, 0.29) is 11.6 Å². The van der Waals surface area contributed by atoms with Crippen molar-refractivity contribution in [3.8, 4) is 11.1 Å². The molecule has 0 saturated heterocycles. The van der Waals surface area contributed by atoms with Crippen molar-refractivity contribution in [3.63, 3.8) is 0 Å². The Labute approximate surface area is 129 Å². The van der Waals surface area contributed by atoms with Crippen molar-refractivity contribution in [3.05, 3.63) is 58.4 Å². The molecule has 0 atom stereocenters. The fourth-order valence-electron chi connectivity index (χ4n) is 1.94. The Morgan fingerprint density at radius 1 is 0.783 bits per heavy atom. The average molecular weight is 361 g/mol. The molecule has 2 aromatic rings. The minimum absolute atomic E-state index is 0.220. The molecule has 0 bridgehead atoms. The van der Waals surface area contributed by atoms with Crippen LogP contribution in [0.3, 0.4) is 0 Å². The molecule has 124 valence electrons. The molecule has 2 aromatic carbocycles. The lowest BCUT2D eigenvalue weighted by Crippen LogP contribution is -2.08. The fourth-order valence-corrected chi connectivity index (χ4v) is 2.18. The summed E-state index contributed by atoms with van der Waals surface area (Å²) in [7, 11) is 0. The number of benzene rings is 2. The van der Waals surface area contributed by atoms with Crippen LogP contribution in [0.15, 0.2) is 18.2 Å². The van der Waals surface area contributed by atoms with E-state index >= 15 is 0 Å². The van der Waals surface area contributed by atoms with Gasteiger partial charge in [-0.2, -0.15) is 13.2 Å². The normalized spacial score (nSPS) is 11.9. The molecule has 2 rings (SSSR count). The first-order valence-electron chi connectivity index (χ1n) is 5.87. The van der Waals surface area contributed by atoms with Gasteiger partial charge in [0.15, 0.2) is 23.3 Å². The van der Waals surface area contributed by atoms with E-state index in [1.807, 2.05) is 0 Å². The molecule has 23 heavy (non-hydrogen) atoms. The van der Waals surface area contributed by atoms with Gasteiger partial charge in [0.2, 0.25) is 5.82 Å². The van der Waals surface area contributed by atoms with E-state index < -0.39 is 57.8 Å². The summed E-state index contributed by atoms with van der Waals surface area (Å²) in [6.07, 6.45) is -4.87. The van der Waals surface area contributed by atoms with E-state index in [9.17, 15) is 35.1 Å². The van der Waals surface area contributed by atoms with Crippen LogP contribution in [0.25, 0.3) is 11.1 Å². The van der Waals surface area contributed by atoms with Crippen molar-refractivity contribution >= 4 is 11.6 Å². The molecule has 0 radical (unpaired) electrons. The smallest absolute Gasteiger partial charge is 0.203 e. The molecule has 0 spiro atoms. The van der Waals surface area contributed by atoms with E-state index in [0.29, 0.717) is 6.07 Å². The SMILES string of the molecule is Fc1c(F)c(F)c(-c2cc(C(F)(F)F)ccc2CCl)c(F)c1F. The molecule has 0 aliphatic carbocycles. The summed E-state index contributed by atoms with van der Waals surface area (Å²) in [5.41, 5.74) is -3.81. The van der Waals surface area contributed by atoms with Crippen molar-refractivity contribution in [1.29, 1.82) is 0 Å². The minimum Gasteiger partial charge on any atom is -0.203 e. The lowest BCUT2D eigenvalue weighted by molar-refractivity contribution is -0.137. The molecule has 0 aromatic heterocycles. The highest BCUT2D eigenvalue weighted by atomic mass is 35.5. The average Bonchev–Trinajstić information content (AvgIpc) is 2.50. The van der Waals surface area contributed by atoms with Crippen LogP contribution in [0.4, 0.5) is 35.1 Å². The predicted octanol–water partition coefficient (Wildman–Crippen LogP) is 5.81. The zero-order valence-electron chi connectivity index (χ0n) is 10.8. The van der Waals surface area contributed by atoms with Gasteiger partial charge in [0.05, 0.1) is 11.1 Å². The molecule has 0 nitrogen and oxygen atoms in total. The first-order valence-corrected chi connectivity index (χ1v) is 6.41. The maximum absolute atomic E-state index is 13.8. The zero-order chi connectivity index (χ0) is 17.5. The standard InChI is InChI=1S/C14H5ClF8/c15-4-5-1-2-6(14(21,22)23)3-7(5)8-9(16)11(18)13(20)12(19)10(8)17/h1-3H,4H2. The number of alkyl halides is 4. The fraction of sp³-hybridized carbons (Fsp3) is 0.143. The monoisotopic (exact) mass is 360 g/mol. The first kappa shape index (κ1) is 17.5. The number of hydrogen-bond donors (Lipinski definition) is 0. The van der Waals surface area contributed by atoms with Crippen LogP contribution in [-0.4, -0.2) is 0 Å². The molecule has 0 saturated carbocycles. The van der Waals surface area contributed by atoms with Crippen LogP contribution in [0.2, 0.25) is 0 Å². The Hall–Kier alpha value is -1.83. The van der Waals surface area contributed by atoms with Crippen molar-refractivity contribution in [1.82, 2.24) is 0 Å². The van der Waals surface area contributed by atoms with Gasteiger partial charge in [0, 0.05) is 5.88 Å². The highest BCUT2D eigenvalue weighted by molar-refractivity contribution is 6.17. The summed E-state index contributed by atoms with van der Waals surface area (Å²) >= 11 is 5.48. The second-order valence-electron chi connectivity index (χ2n) is 4.45. The molecule has 0 fully saturated rings. The van der Waals surface area contributed by atoms with Gasteiger partial charge in [-0.05, 0) is 23.3 Å². The molecular formula is C14H5ClF8. The topological polar surface area (TPSA) is 0 Å². The highest BCUT2D eigenvalue weighted by Gasteiger charge is 2.33. The van der Waals surface area contributed by atoms with Crippen LogP contribution in [0, 0.1) is 29.1 Å². The summed E-state index contributed by atoms with van der Waals surface area (Å²) in [6, 6.07) is 1.69. The van der Waals surface area contributed by atoms with Gasteiger partial charge in [-0.25, -0.2) is 22.0 Å². The summed E-state index contributed by atoms with van der Waals surface area (Å²) < 4.78 is 105. The Bertz CT molecular complexity index is 737. The van der Waals surface area contributed by atoms with Gasteiger partial charge in [0.1, 0.15) is 0 Å². The third kappa shape index (κ3) is 2.99. The molecule has 0 unspecified atom stereocenters. The van der Waals surface area contributed by atoms with Gasteiger partial charge in [-0.3, -0.25) is 0 Å². The van der Waals surface area contributed by atoms with E-state index in [1.54, 1.807) is 0 Å². The number of hydrogen-bond acceptors (Lipinski definition) is 0. The molecule has 9 heteroatoms. The lowest BCUT2D eigenvalue weighted by Gasteiger charge is -2.14. The highest BCUT2D eigenvalue weighted by Crippen LogP contribution is 2.38. The van der Waals surface area contributed by atoms with Gasteiger partial charge < -0.3 is 0 Å². The van der Waals surface area contributed by atoms with Crippen LogP contribution >= 0.6 is 11.6 Å². The molecule has 0 aliphatic rings. The quantitative estimate of drug-likeness (QED) is 0.274. The molecule has 0 heterocycles. The van der Waals surface area contributed by atoms with Crippen LogP contribution in [0.1, 0.15) is 11.1 Å². The van der Waals surface area contributed by atoms with E-state index in [2.05, 4.69) is 0 Å². The Morgan fingerprint density at radius 2 is 1.26 bits per heavy atom. The second kappa shape index (κ2) is 5.99. The van der Waals surface area contributed by atoms with Crippen molar-refractivity contribution in [2.75, 3.05) is 0 Å². The first-order chi connectivity index (χ1) is 10.6. The van der Waals surface area contributed by atoms with Crippen LogP contribution < -0.4 is 0 Å². The largest absolute Gasteiger partial charge is 0.416 e. The second-order valence-corrected chi connectivity index (χ2v) is 4.72. The molecule has 0 N–H and O–H groups in total. The Kier molecular flexibility index (Phi) is 4.57. The van der Waals surface area contributed by atoms with E-state index in [4.69, 9.17) is 11.6 Å².